The number of hydrogen-bond acceptors (Lipinski definition) is 4. The maximum Gasteiger partial charge on any atom is 0.237 e. The fourth-order valence-corrected chi connectivity index (χ4v) is 5.14. The molecule has 2 saturated carbocycles. The maximum absolute atomic E-state index is 6.06. The smallest absolute Gasteiger partial charge is 0.195 e. The molecule has 1 heterocycles. The first kappa shape index (κ1) is 18.6. The van der Waals surface area contributed by atoms with Crippen LogP contribution in [-0.2, 0) is 19.6 Å². The Bertz CT molecular complexity index is 415. The van der Waals surface area contributed by atoms with Crippen LogP contribution in [0.1, 0.15) is 68.2 Å². The lowest BCUT2D eigenvalue weighted by molar-refractivity contribution is -0.680. The van der Waals surface area contributed by atoms with Crippen LogP contribution in [0.15, 0.2) is 0 Å². The summed E-state index contributed by atoms with van der Waals surface area (Å²) in [6.07, 6.45) is 1.62. The summed E-state index contributed by atoms with van der Waals surface area (Å²) in [4.78, 5) is 24.2. The topological polar surface area (TPSA) is 36.9 Å². The molecule has 8 atom stereocenters. The van der Waals surface area contributed by atoms with Crippen LogP contribution in [0, 0.1) is 47.3 Å². The van der Waals surface area contributed by atoms with Gasteiger partial charge in [-0.15, -0.1) is 0 Å². The van der Waals surface area contributed by atoms with Gasteiger partial charge in [0.15, 0.2) is 0 Å². The van der Waals surface area contributed by atoms with Crippen LogP contribution in [-0.4, -0.2) is 11.6 Å². The van der Waals surface area contributed by atoms with Crippen molar-refractivity contribution in [1.82, 2.24) is 0 Å². The molecule has 0 N–H and O–H groups in total. The van der Waals surface area contributed by atoms with Gasteiger partial charge >= 0.3 is 0 Å². The second-order valence-electron chi connectivity index (χ2n) is 9.33. The van der Waals surface area contributed by atoms with Gasteiger partial charge in [0.1, 0.15) is 0 Å². The van der Waals surface area contributed by atoms with Crippen LogP contribution in [0.2, 0.25) is 0 Å². The van der Waals surface area contributed by atoms with Gasteiger partial charge in [0.25, 0.3) is 0 Å². The van der Waals surface area contributed by atoms with Gasteiger partial charge in [-0.1, -0.05) is 55.4 Å². The van der Waals surface area contributed by atoms with Crippen LogP contribution in [0.25, 0.3) is 0 Å². The highest BCUT2D eigenvalue weighted by Crippen LogP contribution is 2.54. The van der Waals surface area contributed by atoms with Crippen molar-refractivity contribution in [2.24, 2.45) is 47.3 Å². The molecule has 3 rings (SSSR count). The molecule has 1 saturated heterocycles. The Labute approximate surface area is 147 Å². The fourth-order valence-electron chi connectivity index (χ4n) is 5.14. The minimum atomic E-state index is -0.772. The predicted molar refractivity (Wildman–Crippen MR) is 92.3 cm³/mol. The third-order valence-corrected chi connectivity index (χ3v) is 8.28. The van der Waals surface area contributed by atoms with Crippen molar-refractivity contribution in [3.8, 4) is 0 Å². The first-order valence-electron chi connectivity index (χ1n) is 9.87. The van der Waals surface area contributed by atoms with Crippen LogP contribution in [0.3, 0.4) is 0 Å². The summed E-state index contributed by atoms with van der Waals surface area (Å²) < 4.78 is 0. The molecule has 2 spiro atoms. The van der Waals surface area contributed by atoms with Crippen molar-refractivity contribution in [2.45, 2.75) is 79.8 Å². The maximum atomic E-state index is 6.06. The van der Waals surface area contributed by atoms with Gasteiger partial charge in [-0.05, 0) is 35.5 Å². The molecule has 0 aromatic carbocycles. The summed E-state index contributed by atoms with van der Waals surface area (Å²) in [6, 6.07) is 0. The second kappa shape index (κ2) is 6.22. The summed E-state index contributed by atoms with van der Waals surface area (Å²) in [7, 11) is 0. The zero-order chi connectivity index (χ0) is 17.9. The minimum Gasteiger partial charge on any atom is -0.195 e. The summed E-state index contributed by atoms with van der Waals surface area (Å²) >= 11 is 0. The first-order chi connectivity index (χ1) is 11.1. The van der Waals surface area contributed by atoms with E-state index in [0.717, 1.165) is 12.8 Å². The highest BCUT2D eigenvalue weighted by atomic mass is 17.4. The van der Waals surface area contributed by atoms with E-state index in [-0.39, 0.29) is 11.8 Å². The normalized spacial score (nSPS) is 59.0. The Balaban J connectivity index is 1.78. The molecule has 3 fully saturated rings. The van der Waals surface area contributed by atoms with E-state index in [0.29, 0.717) is 35.5 Å². The molecule has 0 aromatic heterocycles. The van der Waals surface area contributed by atoms with Crippen LogP contribution >= 0.6 is 0 Å². The summed E-state index contributed by atoms with van der Waals surface area (Å²) in [5.74, 6) is 2.22. The first-order valence-corrected chi connectivity index (χ1v) is 9.87. The minimum absolute atomic E-state index is 0.230. The Morgan fingerprint density at radius 3 is 1.08 bits per heavy atom. The number of rotatable bonds is 0. The van der Waals surface area contributed by atoms with E-state index in [9.17, 15) is 0 Å². The predicted octanol–water partition coefficient (Wildman–Crippen LogP) is 5.19. The molecule has 0 bridgehead atoms. The van der Waals surface area contributed by atoms with Gasteiger partial charge in [-0.25, -0.2) is 0 Å². The lowest BCUT2D eigenvalue weighted by Gasteiger charge is -2.56. The van der Waals surface area contributed by atoms with E-state index >= 15 is 0 Å². The van der Waals surface area contributed by atoms with Gasteiger partial charge < -0.3 is 0 Å². The molecule has 1 aliphatic heterocycles. The molecular weight excluding hydrogens is 304 g/mol. The average molecular weight is 341 g/mol. The molecule has 2 aliphatic carbocycles. The third-order valence-electron chi connectivity index (χ3n) is 8.28. The monoisotopic (exact) mass is 340 g/mol. The summed E-state index contributed by atoms with van der Waals surface area (Å²) in [5, 5.41) is 0. The van der Waals surface area contributed by atoms with Gasteiger partial charge in [0.2, 0.25) is 11.6 Å². The number of hydrogen-bond donors (Lipinski definition) is 0. The molecule has 140 valence electrons. The molecule has 24 heavy (non-hydrogen) atoms. The van der Waals surface area contributed by atoms with Crippen LogP contribution in [0.5, 0.6) is 0 Å². The van der Waals surface area contributed by atoms with E-state index in [2.05, 4.69) is 55.4 Å². The Morgan fingerprint density at radius 2 is 0.792 bits per heavy atom. The highest BCUT2D eigenvalue weighted by Gasteiger charge is 2.60. The molecule has 4 heteroatoms. The van der Waals surface area contributed by atoms with Crippen molar-refractivity contribution in [1.29, 1.82) is 0 Å². The third kappa shape index (κ3) is 2.65. The Kier molecular flexibility index (Phi) is 4.83. The van der Waals surface area contributed by atoms with Crippen molar-refractivity contribution in [2.75, 3.05) is 0 Å². The van der Waals surface area contributed by atoms with Gasteiger partial charge in [0.05, 0.1) is 0 Å². The van der Waals surface area contributed by atoms with Crippen molar-refractivity contribution in [3.63, 3.8) is 0 Å². The van der Waals surface area contributed by atoms with E-state index in [1.54, 1.807) is 0 Å². The van der Waals surface area contributed by atoms with Crippen molar-refractivity contribution < 1.29 is 19.6 Å². The van der Waals surface area contributed by atoms with E-state index in [1.165, 1.54) is 0 Å². The molecular formula is C20H36O4. The lowest BCUT2D eigenvalue weighted by atomic mass is 9.65. The fraction of sp³-hybridized carbons (Fsp3) is 1.00. The summed E-state index contributed by atoms with van der Waals surface area (Å²) in [5.41, 5.74) is 0. The van der Waals surface area contributed by atoms with E-state index < -0.39 is 11.6 Å². The molecule has 4 nitrogen and oxygen atoms in total. The van der Waals surface area contributed by atoms with E-state index in [4.69, 9.17) is 19.6 Å². The lowest BCUT2D eigenvalue weighted by Crippen LogP contribution is -2.62. The molecule has 0 amide bonds. The molecule has 0 radical (unpaired) electrons. The SMILES string of the molecule is CC1CC2(OOC3(CC(C)C(C)C(C)C3C)OO2)C(C)C(C)C1C. The standard InChI is InChI=1S/C20H36O4/c1-11-9-19(17(7)15(5)13(11)3)21-23-20(24-22-19)10-12(2)14(4)16(6)18(20)8/h11-18H,9-10H2,1-8H3. The zero-order valence-electron chi connectivity index (χ0n) is 16.7. The van der Waals surface area contributed by atoms with Crippen molar-refractivity contribution in [3.05, 3.63) is 0 Å². The highest BCUT2D eigenvalue weighted by molar-refractivity contribution is 4.94. The van der Waals surface area contributed by atoms with Gasteiger partial charge in [-0.3, -0.25) is 0 Å². The molecule has 8 unspecified atom stereocenters. The zero-order valence-corrected chi connectivity index (χ0v) is 16.7. The van der Waals surface area contributed by atoms with Crippen molar-refractivity contribution >= 4 is 0 Å². The van der Waals surface area contributed by atoms with E-state index in [1.807, 2.05) is 0 Å². The Morgan fingerprint density at radius 1 is 0.500 bits per heavy atom. The largest absolute Gasteiger partial charge is 0.237 e. The quantitative estimate of drug-likeness (QED) is 0.569. The average Bonchev–Trinajstić information content (AvgIpc) is 2.57. The van der Waals surface area contributed by atoms with Crippen LogP contribution < -0.4 is 0 Å². The molecule has 3 aliphatic rings. The summed E-state index contributed by atoms with van der Waals surface area (Å²) in [6.45, 7) is 18.1. The van der Waals surface area contributed by atoms with Crippen LogP contribution in [0.4, 0.5) is 0 Å². The van der Waals surface area contributed by atoms with Gasteiger partial charge in [-0.2, -0.15) is 19.6 Å². The molecule has 0 aromatic rings. The van der Waals surface area contributed by atoms with Gasteiger partial charge in [0, 0.05) is 24.7 Å². The Hall–Kier alpha value is -0.160. The second-order valence-corrected chi connectivity index (χ2v) is 9.33.